The van der Waals surface area contributed by atoms with Crippen molar-refractivity contribution >= 4 is 33.4 Å². The molecule has 28 heavy (non-hydrogen) atoms. The summed E-state index contributed by atoms with van der Waals surface area (Å²) in [5.41, 5.74) is 1.52. The van der Waals surface area contributed by atoms with E-state index in [1.54, 1.807) is 35.2 Å². The Hall–Kier alpha value is -2.38. The number of hydrogen-bond donors (Lipinski definition) is 1. The minimum atomic E-state index is -0.543. The van der Waals surface area contributed by atoms with Crippen LogP contribution < -0.4 is 10.1 Å². The molecule has 5 nitrogen and oxygen atoms in total. The van der Waals surface area contributed by atoms with E-state index in [0.29, 0.717) is 22.2 Å². The first kappa shape index (κ1) is 20.4. The van der Waals surface area contributed by atoms with E-state index >= 15 is 0 Å². The molecule has 1 N–H and O–H groups in total. The van der Waals surface area contributed by atoms with Crippen LogP contribution in [0.25, 0.3) is 0 Å². The highest BCUT2D eigenvalue weighted by Gasteiger charge is 2.21. The number of carbonyl (C=O) groups is 1. The smallest absolute Gasteiger partial charge is 0.258 e. The molecule has 0 saturated heterocycles. The maximum atomic E-state index is 13.3. The minimum Gasteiger partial charge on any atom is -0.482 e. The largest absolute Gasteiger partial charge is 0.482 e. The number of benzene rings is 2. The van der Waals surface area contributed by atoms with Gasteiger partial charge in [-0.2, -0.15) is 0 Å². The molecule has 1 heterocycles. The molecule has 1 aromatic heterocycles. The van der Waals surface area contributed by atoms with E-state index in [2.05, 4.69) is 26.2 Å². The van der Waals surface area contributed by atoms with Crippen LogP contribution >= 0.6 is 27.5 Å². The third kappa shape index (κ3) is 4.72. The van der Waals surface area contributed by atoms with Gasteiger partial charge in [0.15, 0.2) is 6.61 Å². The molecule has 146 valence electrons. The van der Waals surface area contributed by atoms with Crippen molar-refractivity contribution in [3.8, 4) is 5.75 Å². The highest BCUT2D eigenvalue weighted by atomic mass is 79.9. The van der Waals surface area contributed by atoms with E-state index in [-0.39, 0.29) is 18.3 Å². The number of imidazole rings is 1. The van der Waals surface area contributed by atoms with Gasteiger partial charge in [-0.1, -0.05) is 39.7 Å². The third-order valence-corrected chi connectivity index (χ3v) is 4.91. The van der Waals surface area contributed by atoms with Crippen LogP contribution in [0.2, 0.25) is 5.02 Å². The van der Waals surface area contributed by atoms with Crippen LogP contribution in [0.1, 0.15) is 23.0 Å². The maximum absolute atomic E-state index is 13.3. The summed E-state index contributed by atoms with van der Waals surface area (Å²) < 4.78 is 21.6. The molecule has 0 unspecified atom stereocenters. The first-order chi connectivity index (χ1) is 13.3. The average molecular weight is 467 g/mol. The molecule has 0 fully saturated rings. The van der Waals surface area contributed by atoms with E-state index in [9.17, 15) is 9.18 Å². The summed E-state index contributed by atoms with van der Waals surface area (Å²) in [5.74, 6) is 0.376. The first-order valence-corrected chi connectivity index (χ1v) is 9.62. The van der Waals surface area contributed by atoms with Crippen LogP contribution in [0.5, 0.6) is 5.75 Å². The summed E-state index contributed by atoms with van der Waals surface area (Å²) in [4.78, 5) is 16.9. The Morgan fingerprint density at radius 3 is 2.68 bits per heavy atom. The summed E-state index contributed by atoms with van der Waals surface area (Å²) in [6.07, 6.45) is 3.42. The number of carbonyl (C=O) groups excluding carboxylic acids is 1. The molecular formula is C20H18BrClFN3O2. The van der Waals surface area contributed by atoms with Gasteiger partial charge in [0.25, 0.3) is 5.91 Å². The lowest BCUT2D eigenvalue weighted by atomic mass is 10.1. The van der Waals surface area contributed by atoms with E-state index in [4.69, 9.17) is 16.3 Å². The number of aromatic nitrogens is 2. The Labute approximate surface area is 175 Å². The number of hydrogen-bond acceptors (Lipinski definition) is 3. The van der Waals surface area contributed by atoms with Crippen molar-refractivity contribution in [2.45, 2.75) is 13.0 Å². The lowest BCUT2D eigenvalue weighted by Crippen LogP contribution is -2.34. The lowest BCUT2D eigenvalue weighted by molar-refractivity contribution is -0.123. The molecule has 1 atom stereocenters. The van der Waals surface area contributed by atoms with Crippen molar-refractivity contribution in [3.63, 3.8) is 0 Å². The summed E-state index contributed by atoms with van der Waals surface area (Å²) in [5, 5.41) is 3.31. The molecule has 3 aromatic rings. The molecular weight excluding hydrogens is 449 g/mol. The highest BCUT2D eigenvalue weighted by Crippen LogP contribution is 2.32. The number of rotatable bonds is 6. The van der Waals surface area contributed by atoms with Gasteiger partial charge in [-0.15, -0.1) is 0 Å². The second kappa shape index (κ2) is 8.75. The Morgan fingerprint density at radius 2 is 2.07 bits per heavy atom. The number of halogens is 3. The van der Waals surface area contributed by atoms with Crippen molar-refractivity contribution in [1.29, 1.82) is 0 Å². The maximum Gasteiger partial charge on any atom is 0.258 e. The van der Waals surface area contributed by atoms with Gasteiger partial charge in [-0.25, -0.2) is 9.37 Å². The number of aryl methyl sites for hydroxylation is 2. The number of nitrogens with zero attached hydrogens (tertiary/aromatic N) is 2. The predicted octanol–water partition coefficient (Wildman–Crippen LogP) is 4.57. The molecule has 0 spiro atoms. The van der Waals surface area contributed by atoms with Gasteiger partial charge in [0.05, 0.1) is 5.02 Å². The SMILES string of the molecule is Cc1cc(Br)cc(Cl)c1OCC(=O)N[C@@H](c1ccc(F)cc1)c1nccn1C. The van der Waals surface area contributed by atoms with Gasteiger partial charge in [0.1, 0.15) is 23.4 Å². The molecule has 3 rings (SSSR count). The fourth-order valence-corrected chi connectivity index (χ4v) is 3.84. The quantitative estimate of drug-likeness (QED) is 0.579. The van der Waals surface area contributed by atoms with Gasteiger partial charge >= 0.3 is 0 Å². The minimum absolute atomic E-state index is 0.218. The van der Waals surface area contributed by atoms with Crippen LogP contribution in [0.4, 0.5) is 4.39 Å². The van der Waals surface area contributed by atoms with Gasteiger partial charge in [0, 0.05) is 23.9 Å². The molecule has 0 saturated carbocycles. The number of amides is 1. The second-order valence-corrected chi connectivity index (χ2v) is 7.59. The first-order valence-electron chi connectivity index (χ1n) is 8.45. The fourth-order valence-electron chi connectivity index (χ4n) is 2.82. The monoisotopic (exact) mass is 465 g/mol. The van der Waals surface area contributed by atoms with Gasteiger partial charge in [0.2, 0.25) is 0 Å². The highest BCUT2D eigenvalue weighted by molar-refractivity contribution is 9.10. The van der Waals surface area contributed by atoms with E-state index in [1.807, 2.05) is 20.0 Å². The summed E-state index contributed by atoms with van der Waals surface area (Å²) in [6.45, 7) is 1.63. The van der Waals surface area contributed by atoms with Crippen molar-refractivity contribution in [2.75, 3.05) is 6.61 Å². The zero-order valence-corrected chi connectivity index (χ0v) is 17.6. The average Bonchev–Trinajstić information content (AvgIpc) is 3.05. The third-order valence-electron chi connectivity index (χ3n) is 4.17. The normalized spacial score (nSPS) is 11.9. The van der Waals surface area contributed by atoms with Crippen molar-refractivity contribution in [1.82, 2.24) is 14.9 Å². The Kier molecular flexibility index (Phi) is 6.36. The van der Waals surface area contributed by atoms with Crippen molar-refractivity contribution in [2.24, 2.45) is 7.05 Å². The zero-order valence-electron chi connectivity index (χ0n) is 15.2. The second-order valence-electron chi connectivity index (χ2n) is 6.27. The zero-order chi connectivity index (χ0) is 20.3. The van der Waals surface area contributed by atoms with E-state index in [0.717, 1.165) is 10.0 Å². The van der Waals surface area contributed by atoms with Gasteiger partial charge in [-0.05, 0) is 42.3 Å². The lowest BCUT2D eigenvalue weighted by Gasteiger charge is -2.20. The fraction of sp³-hybridized carbons (Fsp3) is 0.200. The standard InChI is InChI=1S/C20H18BrClFN3O2/c1-12-9-14(21)10-16(22)19(12)28-11-17(27)25-18(20-24-7-8-26(20)2)13-3-5-15(23)6-4-13/h3-10,18H,11H2,1-2H3,(H,25,27)/t18-/m0/s1. The van der Waals surface area contributed by atoms with Crippen LogP contribution in [0, 0.1) is 12.7 Å². The molecule has 0 aliphatic rings. The van der Waals surface area contributed by atoms with E-state index in [1.165, 1.54) is 12.1 Å². The topological polar surface area (TPSA) is 56.1 Å². The summed E-state index contributed by atoms with van der Waals surface area (Å²) in [7, 11) is 1.83. The summed E-state index contributed by atoms with van der Waals surface area (Å²) in [6, 6.07) is 8.94. The Bertz CT molecular complexity index is 968. The summed E-state index contributed by atoms with van der Waals surface area (Å²) >= 11 is 9.57. The van der Waals surface area contributed by atoms with E-state index < -0.39 is 6.04 Å². The Balaban J connectivity index is 1.77. The molecule has 0 bridgehead atoms. The molecule has 0 aliphatic heterocycles. The van der Waals surface area contributed by atoms with Gasteiger partial charge < -0.3 is 14.6 Å². The molecule has 0 aliphatic carbocycles. The van der Waals surface area contributed by atoms with Crippen LogP contribution in [-0.4, -0.2) is 22.1 Å². The predicted molar refractivity (Wildman–Crippen MR) is 109 cm³/mol. The number of ether oxygens (including phenoxy) is 1. The molecule has 2 aromatic carbocycles. The van der Waals surface area contributed by atoms with Crippen LogP contribution in [0.3, 0.4) is 0 Å². The Morgan fingerprint density at radius 1 is 1.36 bits per heavy atom. The molecule has 1 amide bonds. The van der Waals surface area contributed by atoms with Crippen molar-refractivity contribution < 1.29 is 13.9 Å². The molecule has 0 radical (unpaired) electrons. The van der Waals surface area contributed by atoms with Crippen LogP contribution in [0.15, 0.2) is 53.3 Å². The van der Waals surface area contributed by atoms with Crippen LogP contribution in [-0.2, 0) is 11.8 Å². The number of nitrogens with one attached hydrogen (secondary N) is 1. The molecule has 8 heteroatoms. The van der Waals surface area contributed by atoms with Gasteiger partial charge in [-0.3, -0.25) is 4.79 Å². The van der Waals surface area contributed by atoms with Crippen molar-refractivity contribution in [3.05, 3.63) is 81.1 Å².